The average molecular weight is 450 g/mol. The zero-order chi connectivity index (χ0) is 22.0. The van der Waals surface area contributed by atoms with Gasteiger partial charge in [0, 0.05) is 12.7 Å². The smallest absolute Gasteiger partial charge is 0.272 e. The van der Waals surface area contributed by atoms with E-state index in [2.05, 4.69) is 26.0 Å². The van der Waals surface area contributed by atoms with Crippen LogP contribution in [0.15, 0.2) is 69.9 Å². The van der Waals surface area contributed by atoms with E-state index in [-0.39, 0.29) is 17.2 Å². The van der Waals surface area contributed by atoms with Gasteiger partial charge in [-0.25, -0.2) is 4.98 Å². The summed E-state index contributed by atoms with van der Waals surface area (Å²) in [5, 5.41) is 2.44. The van der Waals surface area contributed by atoms with Crippen LogP contribution in [-0.2, 0) is 11.3 Å². The number of anilines is 1. The average Bonchev–Trinajstić information content (AvgIpc) is 3.25. The number of amides is 1. The lowest BCUT2D eigenvalue weighted by atomic mass is 10.1. The standard InChI is InChI=1S/C24H23N3O2S2/c1-16-9-10-18(13-17(16)2)14-27-23(29)22-20(11-12-30-22)25-24(27)31-15-21(28)26(3)19-7-5-4-6-8-19/h4-13H,14-15H2,1-3H3. The molecule has 0 fully saturated rings. The predicted octanol–water partition coefficient (Wildman–Crippen LogP) is 4.88. The van der Waals surface area contributed by atoms with E-state index in [1.54, 1.807) is 16.5 Å². The number of fused-ring (bicyclic) bond motifs is 1. The maximum atomic E-state index is 13.2. The van der Waals surface area contributed by atoms with Gasteiger partial charge in [0.25, 0.3) is 5.56 Å². The lowest BCUT2D eigenvalue weighted by Gasteiger charge is -2.18. The summed E-state index contributed by atoms with van der Waals surface area (Å²) >= 11 is 2.70. The van der Waals surface area contributed by atoms with Crippen LogP contribution in [0.5, 0.6) is 0 Å². The van der Waals surface area contributed by atoms with Crippen molar-refractivity contribution in [2.75, 3.05) is 17.7 Å². The molecule has 2 aromatic carbocycles. The number of thioether (sulfide) groups is 1. The number of rotatable bonds is 6. The number of hydrogen-bond acceptors (Lipinski definition) is 5. The Labute approximate surface area is 189 Å². The lowest BCUT2D eigenvalue weighted by Crippen LogP contribution is -2.29. The van der Waals surface area contributed by atoms with Crippen LogP contribution >= 0.6 is 23.1 Å². The van der Waals surface area contributed by atoms with Crippen LogP contribution in [0.25, 0.3) is 10.2 Å². The topological polar surface area (TPSA) is 55.2 Å². The highest BCUT2D eigenvalue weighted by atomic mass is 32.2. The van der Waals surface area contributed by atoms with Crippen molar-refractivity contribution in [3.63, 3.8) is 0 Å². The largest absolute Gasteiger partial charge is 0.315 e. The number of para-hydroxylation sites is 1. The first kappa shape index (κ1) is 21.3. The molecule has 0 spiro atoms. The number of benzene rings is 2. The number of carbonyl (C=O) groups is 1. The first-order valence-electron chi connectivity index (χ1n) is 9.92. The summed E-state index contributed by atoms with van der Waals surface area (Å²) in [6, 6.07) is 17.6. The Bertz CT molecular complexity index is 1300. The van der Waals surface area contributed by atoms with Crippen LogP contribution in [0.3, 0.4) is 0 Å². The van der Waals surface area contributed by atoms with E-state index < -0.39 is 0 Å². The van der Waals surface area contributed by atoms with Crippen LogP contribution < -0.4 is 10.5 Å². The summed E-state index contributed by atoms with van der Waals surface area (Å²) in [6.07, 6.45) is 0. The van der Waals surface area contributed by atoms with Gasteiger partial charge < -0.3 is 4.90 Å². The van der Waals surface area contributed by atoms with Crippen molar-refractivity contribution in [3.8, 4) is 0 Å². The molecular formula is C24H23N3O2S2. The highest BCUT2D eigenvalue weighted by molar-refractivity contribution is 7.99. The van der Waals surface area contributed by atoms with Crippen molar-refractivity contribution in [3.05, 3.63) is 87.0 Å². The van der Waals surface area contributed by atoms with Crippen molar-refractivity contribution in [2.24, 2.45) is 0 Å². The van der Waals surface area contributed by atoms with Crippen molar-refractivity contribution in [2.45, 2.75) is 25.5 Å². The summed E-state index contributed by atoms with van der Waals surface area (Å²) in [7, 11) is 1.76. The first-order chi connectivity index (χ1) is 14.9. The predicted molar refractivity (Wildman–Crippen MR) is 129 cm³/mol. The van der Waals surface area contributed by atoms with Crippen molar-refractivity contribution in [1.29, 1.82) is 0 Å². The Morgan fingerprint density at radius 3 is 2.61 bits per heavy atom. The molecule has 31 heavy (non-hydrogen) atoms. The van der Waals surface area contributed by atoms with Gasteiger partial charge in [-0.3, -0.25) is 14.2 Å². The summed E-state index contributed by atoms with van der Waals surface area (Å²) in [6.45, 7) is 4.56. The molecule has 0 aliphatic heterocycles. The molecule has 5 nitrogen and oxygen atoms in total. The van der Waals surface area contributed by atoms with Gasteiger partial charge in [-0.2, -0.15) is 0 Å². The van der Waals surface area contributed by atoms with Gasteiger partial charge in [-0.15, -0.1) is 11.3 Å². The molecule has 0 N–H and O–H groups in total. The monoisotopic (exact) mass is 449 g/mol. The van der Waals surface area contributed by atoms with Gasteiger partial charge in [-0.1, -0.05) is 48.2 Å². The van der Waals surface area contributed by atoms with E-state index in [1.807, 2.05) is 47.8 Å². The van der Waals surface area contributed by atoms with Gasteiger partial charge in [0.15, 0.2) is 5.16 Å². The Morgan fingerprint density at radius 2 is 1.87 bits per heavy atom. The van der Waals surface area contributed by atoms with E-state index in [9.17, 15) is 9.59 Å². The Hall–Kier alpha value is -2.90. The number of nitrogens with zero attached hydrogens (tertiary/aromatic N) is 3. The second-order valence-electron chi connectivity index (χ2n) is 7.42. The van der Waals surface area contributed by atoms with Crippen molar-refractivity contribution in [1.82, 2.24) is 9.55 Å². The second-order valence-corrected chi connectivity index (χ2v) is 9.27. The van der Waals surface area contributed by atoms with Gasteiger partial charge in [-0.05, 0) is 54.1 Å². The molecule has 1 amide bonds. The van der Waals surface area contributed by atoms with E-state index in [0.717, 1.165) is 11.3 Å². The summed E-state index contributed by atoms with van der Waals surface area (Å²) in [5.74, 6) is 0.147. The Kier molecular flexibility index (Phi) is 6.25. The maximum absolute atomic E-state index is 13.2. The molecule has 0 bridgehead atoms. The maximum Gasteiger partial charge on any atom is 0.272 e. The minimum absolute atomic E-state index is 0.0476. The van der Waals surface area contributed by atoms with E-state index in [4.69, 9.17) is 4.98 Å². The van der Waals surface area contributed by atoms with E-state index >= 15 is 0 Å². The van der Waals surface area contributed by atoms with Crippen LogP contribution in [0.4, 0.5) is 5.69 Å². The number of thiophene rings is 1. The fourth-order valence-electron chi connectivity index (χ4n) is 3.28. The second kappa shape index (κ2) is 9.08. The number of hydrogen-bond donors (Lipinski definition) is 0. The molecule has 0 saturated heterocycles. The lowest BCUT2D eigenvalue weighted by molar-refractivity contribution is -0.115. The van der Waals surface area contributed by atoms with Crippen LogP contribution in [0.1, 0.15) is 16.7 Å². The van der Waals surface area contributed by atoms with Crippen LogP contribution in [0.2, 0.25) is 0 Å². The van der Waals surface area contributed by atoms with Crippen LogP contribution in [0, 0.1) is 13.8 Å². The molecular weight excluding hydrogens is 426 g/mol. The molecule has 2 aromatic heterocycles. The fourth-order valence-corrected chi connectivity index (χ4v) is 4.97. The quantitative estimate of drug-likeness (QED) is 0.311. The third kappa shape index (κ3) is 4.57. The molecule has 0 saturated carbocycles. The number of aromatic nitrogens is 2. The minimum Gasteiger partial charge on any atom is -0.315 e. The highest BCUT2D eigenvalue weighted by Crippen LogP contribution is 2.23. The van der Waals surface area contributed by atoms with Crippen molar-refractivity contribution >= 4 is 44.9 Å². The van der Waals surface area contributed by atoms with Crippen LogP contribution in [-0.4, -0.2) is 28.3 Å². The molecule has 158 valence electrons. The summed E-state index contributed by atoms with van der Waals surface area (Å²) in [5.41, 5.74) is 4.89. The fraction of sp³-hybridized carbons (Fsp3) is 0.208. The van der Waals surface area contributed by atoms with Gasteiger partial charge >= 0.3 is 0 Å². The molecule has 4 rings (SSSR count). The molecule has 0 aliphatic rings. The molecule has 0 unspecified atom stereocenters. The third-order valence-electron chi connectivity index (χ3n) is 5.29. The molecule has 2 heterocycles. The first-order valence-corrected chi connectivity index (χ1v) is 11.8. The van der Waals surface area contributed by atoms with Gasteiger partial charge in [0.05, 0.1) is 17.8 Å². The molecule has 0 atom stereocenters. The van der Waals surface area contributed by atoms with Gasteiger partial charge in [0.2, 0.25) is 5.91 Å². The highest BCUT2D eigenvalue weighted by Gasteiger charge is 2.17. The third-order valence-corrected chi connectivity index (χ3v) is 7.14. The molecule has 0 radical (unpaired) electrons. The van der Waals surface area contributed by atoms with E-state index in [0.29, 0.717) is 21.9 Å². The van der Waals surface area contributed by atoms with Crippen molar-refractivity contribution < 1.29 is 4.79 Å². The molecule has 0 aliphatic carbocycles. The van der Waals surface area contributed by atoms with Gasteiger partial charge in [0.1, 0.15) is 4.70 Å². The summed E-state index contributed by atoms with van der Waals surface area (Å²) < 4.78 is 2.32. The zero-order valence-corrected chi connectivity index (χ0v) is 19.3. The Balaban J connectivity index is 1.63. The zero-order valence-electron chi connectivity index (χ0n) is 17.7. The summed E-state index contributed by atoms with van der Waals surface area (Å²) in [4.78, 5) is 32.3. The Morgan fingerprint density at radius 1 is 1.10 bits per heavy atom. The van der Waals surface area contributed by atoms with E-state index in [1.165, 1.54) is 34.2 Å². The molecule has 4 aromatic rings. The number of carbonyl (C=O) groups excluding carboxylic acids is 1. The SMILES string of the molecule is Cc1ccc(Cn2c(SCC(=O)N(C)c3ccccc3)nc3ccsc3c2=O)cc1C. The number of aryl methyl sites for hydroxylation is 2. The normalized spacial score (nSPS) is 11.1. The minimum atomic E-state index is -0.0652. The molecule has 7 heteroatoms.